The summed E-state index contributed by atoms with van der Waals surface area (Å²) in [6.07, 6.45) is 3.63. The van der Waals surface area contributed by atoms with Crippen LogP contribution in [-0.2, 0) is 4.74 Å². The van der Waals surface area contributed by atoms with Crippen LogP contribution in [0.25, 0.3) is 0 Å². The van der Waals surface area contributed by atoms with Crippen molar-refractivity contribution in [2.45, 2.75) is 32.6 Å². The van der Waals surface area contributed by atoms with Gasteiger partial charge in [0.1, 0.15) is 0 Å². The van der Waals surface area contributed by atoms with E-state index in [4.69, 9.17) is 16.3 Å². The van der Waals surface area contributed by atoms with Crippen LogP contribution in [0.3, 0.4) is 0 Å². The summed E-state index contributed by atoms with van der Waals surface area (Å²) in [4.78, 5) is 25.9. The molecule has 1 aromatic rings. The molecule has 4 amide bonds. The molecular weight excluding hydrogens is 380 g/mol. The van der Waals surface area contributed by atoms with E-state index in [1.165, 1.54) is 0 Å². The molecule has 0 atom stereocenters. The largest absolute Gasteiger partial charge is 0.382 e. The summed E-state index contributed by atoms with van der Waals surface area (Å²) in [7, 11) is 0. The van der Waals surface area contributed by atoms with Gasteiger partial charge in [-0.25, -0.2) is 9.59 Å². The van der Waals surface area contributed by atoms with E-state index >= 15 is 0 Å². The number of anilines is 1. The van der Waals surface area contributed by atoms with Crippen molar-refractivity contribution in [1.29, 1.82) is 0 Å². The standard InChI is InChI=1S/C20H31ClN4O3/c1-2-28-14-4-10-22-19(26)23-11-7-16-8-12-25(13-9-16)20(27)24-18-6-3-5-17(21)15-18/h3,5-6,15-16H,2,4,7-14H2,1H3,(H,24,27)(H2,22,23,26). The Morgan fingerprint density at radius 2 is 1.96 bits per heavy atom. The first-order chi connectivity index (χ1) is 13.6. The van der Waals surface area contributed by atoms with Crippen LogP contribution in [0.4, 0.5) is 15.3 Å². The third kappa shape index (κ3) is 8.35. The Morgan fingerprint density at radius 1 is 1.21 bits per heavy atom. The number of benzene rings is 1. The van der Waals surface area contributed by atoms with E-state index in [-0.39, 0.29) is 12.1 Å². The third-order valence-corrected chi connectivity index (χ3v) is 5.01. The Morgan fingerprint density at radius 3 is 2.68 bits per heavy atom. The minimum absolute atomic E-state index is 0.0923. The fourth-order valence-electron chi connectivity index (χ4n) is 3.17. The first-order valence-corrected chi connectivity index (χ1v) is 10.4. The fourth-order valence-corrected chi connectivity index (χ4v) is 3.36. The van der Waals surface area contributed by atoms with E-state index in [1.54, 1.807) is 12.1 Å². The lowest BCUT2D eigenvalue weighted by molar-refractivity contribution is 0.145. The zero-order valence-corrected chi connectivity index (χ0v) is 17.3. The maximum absolute atomic E-state index is 12.4. The second-order valence-corrected chi connectivity index (χ2v) is 7.33. The number of hydrogen-bond donors (Lipinski definition) is 3. The second kappa shape index (κ2) is 12.5. The highest BCUT2D eigenvalue weighted by molar-refractivity contribution is 6.30. The van der Waals surface area contributed by atoms with Crippen LogP contribution in [0.1, 0.15) is 32.6 Å². The number of ether oxygens (including phenoxy) is 1. The summed E-state index contributed by atoms with van der Waals surface area (Å²) in [6, 6.07) is 6.92. The summed E-state index contributed by atoms with van der Waals surface area (Å²) in [5, 5.41) is 9.21. The van der Waals surface area contributed by atoms with Gasteiger partial charge in [0.25, 0.3) is 0 Å². The average Bonchev–Trinajstić information content (AvgIpc) is 2.68. The molecule has 0 aromatic heterocycles. The van der Waals surface area contributed by atoms with Gasteiger partial charge in [-0.1, -0.05) is 17.7 Å². The Kier molecular flexibility index (Phi) is 9.93. The Hall–Kier alpha value is -1.99. The number of amides is 4. The molecule has 0 unspecified atom stereocenters. The van der Waals surface area contributed by atoms with E-state index in [9.17, 15) is 9.59 Å². The SMILES string of the molecule is CCOCCCNC(=O)NCCC1CCN(C(=O)Nc2cccc(Cl)c2)CC1. The predicted octanol–water partition coefficient (Wildman–Crippen LogP) is 3.70. The monoisotopic (exact) mass is 410 g/mol. The van der Waals surface area contributed by atoms with Crippen LogP contribution in [0, 0.1) is 5.92 Å². The molecule has 1 heterocycles. The van der Waals surface area contributed by atoms with Crippen molar-refractivity contribution in [2.24, 2.45) is 5.92 Å². The van der Waals surface area contributed by atoms with E-state index in [0.29, 0.717) is 42.9 Å². The zero-order chi connectivity index (χ0) is 20.2. The first-order valence-electron chi connectivity index (χ1n) is 9.99. The number of piperidine rings is 1. The van der Waals surface area contributed by atoms with Gasteiger partial charge in [-0.15, -0.1) is 0 Å². The van der Waals surface area contributed by atoms with Crippen molar-refractivity contribution >= 4 is 29.4 Å². The summed E-state index contributed by atoms with van der Waals surface area (Å²) in [5.41, 5.74) is 0.705. The van der Waals surface area contributed by atoms with Crippen LogP contribution < -0.4 is 16.0 Å². The molecule has 0 bridgehead atoms. The summed E-state index contributed by atoms with van der Waals surface area (Å²) in [6.45, 7) is 6.04. The highest BCUT2D eigenvalue weighted by atomic mass is 35.5. The molecule has 28 heavy (non-hydrogen) atoms. The molecule has 0 saturated carbocycles. The maximum Gasteiger partial charge on any atom is 0.321 e. The van der Waals surface area contributed by atoms with Gasteiger partial charge in [-0.05, 0) is 56.7 Å². The Balaban J connectivity index is 1.57. The summed E-state index contributed by atoms with van der Waals surface area (Å²) in [5.74, 6) is 0.522. The van der Waals surface area contributed by atoms with Gasteiger partial charge in [-0.2, -0.15) is 0 Å². The number of carbonyl (C=O) groups excluding carboxylic acids is 2. The topological polar surface area (TPSA) is 82.7 Å². The Bertz CT molecular complexity index is 621. The number of nitrogens with zero attached hydrogens (tertiary/aromatic N) is 1. The van der Waals surface area contributed by atoms with E-state index in [2.05, 4.69) is 16.0 Å². The lowest BCUT2D eigenvalue weighted by Crippen LogP contribution is -2.42. The molecule has 3 N–H and O–H groups in total. The summed E-state index contributed by atoms with van der Waals surface area (Å²) < 4.78 is 5.23. The highest BCUT2D eigenvalue weighted by Crippen LogP contribution is 2.21. The molecule has 8 heteroatoms. The number of halogens is 1. The van der Waals surface area contributed by atoms with Crippen molar-refractivity contribution in [2.75, 3.05) is 44.7 Å². The van der Waals surface area contributed by atoms with Gasteiger partial charge in [0, 0.05) is 50.1 Å². The molecule has 1 fully saturated rings. The van der Waals surface area contributed by atoms with Gasteiger partial charge in [0.2, 0.25) is 0 Å². The van der Waals surface area contributed by atoms with Crippen molar-refractivity contribution in [3.8, 4) is 0 Å². The number of rotatable bonds is 9. The average molecular weight is 411 g/mol. The van der Waals surface area contributed by atoms with Crippen LogP contribution in [-0.4, -0.2) is 56.4 Å². The molecule has 0 aliphatic carbocycles. The van der Waals surface area contributed by atoms with Gasteiger partial charge < -0.3 is 25.6 Å². The molecule has 0 radical (unpaired) electrons. The first kappa shape index (κ1) is 22.3. The van der Waals surface area contributed by atoms with E-state index < -0.39 is 0 Å². The third-order valence-electron chi connectivity index (χ3n) is 4.77. The molecule has 7 nitrogen and oxygen atoms in total. The van der Waals surface area contributed by atoms with Crippen molar-refractivity contribution < 1.29 is 14.3 Å². The van der Waals surface area contributed by atoms with Crippen molar-refractivity contribution in [3.05, 3.63) is 29.3 Å². The molecule has 1 aromatic carbocycles. The molecular formula is C20H31ClN4O3. The van der Waals surface area contributed by atoms with Gasteiger partial charge in [0.05, 0.1) is 0 Å². The quantitative estimate of drug-likeness (QED) is 0.543. The number of hydrogen-bond acceptors (Lipinski definition) is 3. The van der Waals surface area contributed by atoms with Gasteiger partial charge >= 0.3 is 12.1 Å². The molecule has 1 aliphatic heterocycles. The van der Waals surface area contributed by atoms with Gasteiger partial charge in [-0.3, -0.25) is 0 Å². The lowest BCUT2D eigenvalue weighted by Gasteiger charge is -2.32. The smallest absolute Gasteiger partial charge is 0.321 e. The number of urea groups is 2. The normalized spacial score (nSPS) is 14.6. The van der Waals surface area contributed by atoms with Crippen LogP contribution in [0.2, 0.25) is 5.02 Å². The predicted molar refractivity (Wildman–Crippen MR) is 112 cm³/mol. The van der Waals surface area contributed by atoms with E-state index in [0.717, 1.165) is 38.8 Å². The molecule has 0 spiro atoms. The van der Waals surface area contributed by atoms with Gasteiger partial charge in [0.15, 0.2) is 0 Å². The Labute approximate surface area is 172 Å². The number of likely N-dealkylation sites (tertiary alicyclic amines) is 1. The number of nitrogens with one attached hydrogen (secondary N) is 3. The van der Waals surface area contributed by atoms with E-state index in [1.807, 2.05) is 24.0 Å². The molecule has 1 saturated heterocycles. The van der Waals surface area contributed by atoms with Crippen molar-refractivity contribution in [1.82, 2.24) is 15.5 Å². The van der Waals surface area contributed by atoms with Crippen LogP contribution >= 0.6 is 11.6 Å². The van der Waals surface area contributed by atoms with Crippen LogP contribution in [0.15, 0.2) is 24.3 Å². The summed E-state index contributed by atoms with van der Waals surface area (Å²) >= 11 is 5.95. The minimum Gasteiger partial charge on any atom is -0.382 e. The maximum atomic E-state index is 12.4. The fraction of sp³-hybridized carbons (Fsp3) is 0.600. The molecule has 2 rings (SSSR count). The highest BCUT2D eigenvalue weighted by Gasteiger charge is 2.22. The molecule has 1 aliphatic rings. The lowest BCUT2D eigenvalue weighted by atomic mass is 9.94. The second-order valence-electron chi connectivity index (χ2n) is 6.89. The van der Waals surface area contributed by atoms with Crippen LogP contribution in [0.5, 0.6) is 0 Å². The molecule has 156 valence electrons. The number of carbonyl (C=O) groups is 2. The minimum atomic E-state index is -0.130. The van der Waals surface area contributed by atoms with Crippen molar-refractivity contribution in [3.63, 3.8) is 0 Å². The zero-order valence-electron chi connectivity index (χ0n) is 16.5.